The van der Waals surface area contributed by atoms with Crippen molar-refractivity contribution in [2.24, 2.45) is 0 Å². The largest absolute Gasteiger partial charge is 0.459 e. The molecule has 0 atom stereocenters. The van der Waals surface area contributed by atoms with Crippen LogP contribution in [-0.4, -0.2) is 60.3 Å². The highest BCUT2D eigenvalue weighted by atomic mass is 32.2. The fraction of sp³-hybridized carbons (Fsp3) is 0.400. The molecule has 24 heavy (non-hydrogen) atoms. The summed E-state index contributed by atoms with van der Waals surface area (Å²) in [4.78, 5) is 25.4. The predicted octanol–water partition coefficient (Wildman–Crippen LogP) is 1.30. The maximum atomic E-state index is 11.9. The summed E-state index contributed by atoms with van der Waals surface area (Å²) in [5, 5.41) is 0.654. The number of furan rings is 1. The first-order chi connectivity index (χ1) is 11.7. The summed E-state index contributed by atoms with van der Waals surface area (Å²) in [5.74, 6) is 1.28. The third-order valence-electron chi connectivity index (χ3n) is 3.75. The standard InChI is InChI=1S/C15H20N6O2S/c1-20-5-7-21(8-6-20)13-10-12(16-15(17-13)24-2)18-19-14(22)11-4-3-9-23-11/h3-4,9-10H,5-8H2,1-2H3,(H,19,22)(H,16,17,18). The quantitative estimate of drug-likeness (QED) is 0.475. The SMILES string of the molecule is CSc1nc(NNC(=O)c2ccco2)cc(N2CCN(C)CC2)n1. The average molecular weight is 348 g/mol. The molecule has 2 aromatic rings. The number of amides is 1. The molecule has 1 aliphatic heterocycles. The second-order valence-electron chi connectivity index (χ2n) is 5.44. The van der Waals surface area contributed by atoms with E-state index in [-0.39, 0.29) is 11.7 Å². The molecule has 1 saturated heterocycles. The topological polar surface area (TPSA) is 86.5 Å². The Morgan fingerprint density at radius 2 is 2.08 bits per heavy atom. The highest BCUT2D eigenvalue weighted by Gasteiger charge is 2.17. The van der Waals surface area contributed by atoms with Gasteiger partial charge in [0.05, 0.1) is 6.26 Å². The molecule has 0 radical (unpaired) electrons. The zero-order valence-corrected chi connectivity index (χ0v) is 14.5. The van der Waals surface area contributed by atoms with Gasteiger partial charge in [0.2, 0.25) is 0 Å². The lowest BCUT2D eigenvalue weighted by atomic mass is 10.3. The number of anilines is 2. The van der Waals surface area contributed by atoms with Gasteiger partial charge in [0, 0.05) is 32.2 Å². The van der Waals surface area contributed by atoms with Crippen LogP contribution in [0.2, 0.25) is 0 Å². The number of carbonyl (C=O) groups excluding carboxylic acids is 1. The van der Waals surface area contributed by atoms with Crippen molar-refractivity contribution < 1.29 is 9.21 Å². The van der Waals surface area contributed by atoms with Crippen molar-refractivity contribution in [3.8, 4) is 0 Å². The Balaban J connectivity index is 1.70. The third kappa shape index (κ3) is 3.98. The van der Waals surface area contributed by atoms with Crippen molar-refractivity contribution >= 4 is 29.3 Å². The molecule has 0 unspecified atom stereocenters. The highest BCUT2D eigenvalue weighted by molar-refractivity contribution is 7.98. The molecular weight excluding hydrogens is 328 g/mol. The second kappa shape index (κ2) is 7.54. The second-order valence-corrected chi connectivity index (χ2v) is 6.22. The summed E-state index contributed by atoms with van der Waals surface area (Å²) in [5.41, 5.74) is 5.42. The van der Waals surface area contributed by atoms with Gasteiger partial charge in [0.15, 0.2) is 16.7 Å². The molecule has 0 bridgehead atoms. The van der Waals surface area contributed by atoms with Crippen LogP contribution in [-0.2, 0) is 0 Å². The van der Waals surface area contributed by atoms with Gasteiger partial charge in [0.25, 0.3) is 0 Å². The van der Waals surface area contributed by atoms with Crippen molar-refractivity contribution in [3.63, 3.8) is 0 Å². The summed E-state index contributed by atoms with van der Waals surface area (Å²) < 4.78 is 5.06. The Hall–Kier alpha value is -2.26. The van der Waals surface area contributed by atoms with E-state index in [1.807, 2.05) is 12.3 Å². The number of nitrogens with one attached hydrogen (secondary N) is 2. The maximum Gasteiger partial charge on any atom is 0.305 e. The summed E-state index contributed by atoms with van der Waals surface area (Å²) in [7, 11) is 2.11. The van der Waals surface area contributed by atoms with Crippen molar-refractivity contribution in [1.29, 1.82) is 0 Å². The Morgan fingerprint density at radius 1 is 1.29 bits per heavy atom. The fourth-order valence-electron chi connectivity index (χ4n) is 2.36. The molecule has 3 heterocycles. The number of likely N-dealkylation sites (N-methyl/N-ethyl adjacent to an activating group) is 1. The number of piperazine rings is 1. The third-order valence-corrected chi connectivity index (χ3v) is 4.30. The fourth-order valence-corrected chi connectivity index (χ4v) is 2.73. The van der Waals surface area contributed by atoms with E-state index >= 15 is 0 Å². The molecule has 1 fully saturated rings. The highest BCUT2D eigenvalue weighted by Crippen LogP contribution is 2.21. The summed E-state index contributed by atoms with van der Waals surface area (Å²) in [6.45, 7) is 3.83. The Kier molecular flexibility index (Phi) is 5.21. The van der Waals surface area contributed by atoms with Gasteiger partial charge in [-0.05, 0) is 25.4 Å². The molecule has 9 heteroatoms. The van der Waals surface area contributed by atoms with Gasteiger partial charge in [-0.3, -0.25) is 15.6 Å². The van der Waals surface area contributed by atoms with Gasteiger partial charge in [-0.2, -0.15) is 0 Å². The predicted molar refractivity (Wildman–Crippen MR) is 93.3 cm³/mol. The molecule has 128 valence electrons. The molecule has 1 amide bonds. The molecule has 0 spiro atoms. The van der Waals surface area contributed by atoms with Crippen molar-refractivity contribution in [2.75, 3.05) is 49.8 Å². The monoisotopic (exact) mass is 348 g/mol. The van der Waals surface area contributed by atoms with E-state index < -0.39 is 0 Å². The molecule has 0 aromatic carbocycles. The summed E-state index contributed by atoms with van der Waals surface area (Å²) in [6.07, 6.45) is 3.38. The van der Waals surface area contributed by atoms with Crippen LogP contribution in [0.4, 0.5) is 11.6 Å². The van der Waals surface area contributed by atoms with E-state index in [1.54, 1.807) is 12.1 Å². The summed E-state index contributed by atoms with van der Waals surface area (Å²) >= 11 is 1.46. The Bertz CT molecular complexity index is 685. The number of hydrazine groups is 1. The average Bonchev–Trinajstić information content (AvgIpc) is 3.14. The first-order valence-electron chi connectivity index (χ1n) is 7.62. The van der Waals surface area contributed by atoms with Gasteiger partial charge in [-0.1, -0.05) is 11.8 Å². The number of carbonyl (C=O) groups is 1. The summed E-state index contributed by atoms with van der Waals surface area (Å²) in [6, 6.07) is 5.10. The number of hydrogen-bond acceptors (Lipinski definition) is 8. The van der Waals surface area contributed by atoms with Gasteiger partial charge in [0.1, 0.15) is 5.82 Å². The zero-order chi connectivity index (χ0) is 16.9. The van der Waals surface area contributed by atoms with Crippen molar-refractivity contribution in [1.82, 2.24) is 20.3 Å². The minimum absolute atomic E-state index is 0.237. The van der Waals surface area contributed by atoms with Crippen LogP contribution >= 0.6 is 11.8 Å². The number of thioether (sulfide) groups is 1. The molecule has 2 N–H and O–H groups in total. The van der Waals surface area contributed by atoms with E-state index in [0.29, 0.717) is 11.0 Å². The minimum atomic E-state index is -0.356. The van der Waals surface area contributed by atoms with Crippen LogP contribution in [0.5, 0.6) is 0 Å². The molecule has 0 aliphatic carbocycles. The van der Waals surface area contributed by atoms with Gasteiger partial charge in [-0.15, -0.1) is 0 Å². The van der Waals surface area contributed by atoms with Crippen LogP contribution in [0, 0.1) is 0 Å². The van der Waals surface area contributed by atoms with Crippen molar-refractivity contribution in [2.45, 2.75) is 5.16 Å². The number of rotatable bonds is 5. The Morgan fingerprint density at radius 3 is 2.75 bits per heavy atom. The number of aromatic nitrogens is 2. The normalized spacial score (nSPS) is 15.3. The lowest BCUT2D eigenvalue weighted by Gasteiger charge is -2.33. The van der Waals surface area contributed by atoms with Gasteiger partial charge < -0.3 is 14.2 Å². The molecule has 1 aliphatic rings. The van der Waals surface area contributed by atoms with E-state index in [1.165, 1.54) is 18.0 Å². The van der Waals surface area contributed by atoms with E-state index in [2.05, 4.69) is 37.7 Å². The van der Waals surface area contributed by atoms with Crippen LogP contribution in [0.15, 0.2) is 34.0 Å². The van der Waals surface area contributed by atoms with Crippen LogP contribution in [0.1, 0.15) is 10.6 Å². The Labute approximate surface area is 144 Å². The van der Waals surface area contributed by atoms with Gasteiger partial charge >= 0.3 is 5.91 Å². The molecule has 8 nitrogen and oxygen atoms in total. The molecule has 2 aromatic heterocycles. The first kappa shape index (κ1) is 16.6. The maximum absolute atomic E-state index is 11.9. The molecule has 0 saturated carbocycles. The first-order valence-corrected chi connectivity index (χ1v) is 8.84. The lowest BCUT2D eigenvalue weighted by Crippen LogP contribution is -2.45. The van der Waals surface area contributed by atoms with E-state index in [4.69, 9.17) is 4.42 Å². The van der Waals surface area contributed by atoms with Crippen LogP contribution in [0.3, 0.4) is 0 Å². The molecule has 3 rings (SSSR count). The van der Waals surface area contributed by atoms with E-state index in [9.17, 15) is 4.79 Å². The number of nitrogens with zero attached hydrogens (tertiary/aromatic N) is 4. The van der Waals surface area contributed by atoms with E-state index in [0.717, 1.165) is 32.0 Å². The van der Waals surface area contributed by atoms with Gasteiger partial charge in [-0.25, -0.2) is 9.97 Å². The van der Waals surface area contributed by atoms with Crippen molar-refractivity contribution in [3.05, 3.63) is 30.2 Å². The minimum Gasteiger partial charge on any atom is -0.459 e. The van der Waals surface area contributed by atoms with Crippen LogP contribution in [0.25, 0.3) is 0 Å². The lowest BCUT2D eigenvalue weighted by molar-refractivity contribution is 0.0935. The number of hydrogen-bond donors (Lipinski definition) is 2. The zero-order valence-electron chi connectivity index (χ0n) is 13.7. The molecular formula is C15H20N6O2S. The smallest absolute Gasteiger partial charge is 0.305 e. The van der Waals surface area contributed by atoms with Crippen LogP contribution < -0.4 is 15.8 Å².